The Hall–Kier alpha value is -2.69. The standard InChI is InChI=1S/C21H25NO4/c1-4-25-19-10-16-9-14(2)26-20(16)11-17(19)13-22-21(23)12-15-7-5-6-8-18(15)24-3/h5-8,10-11,14H,4,9,12-13H2,1-3H3,(H,22,23)/t14-/m1/s1. The molecule has 2 aromatic rings. The van der Waals surface area contributed by atoms with Crippen LogP contribution in [0.5, 0.6) is 17.2 Å². The van der Waals surface area contributed by atoms with Gasteiger partial charge in [0.15, 0.2) is 0 Å². The fourth-order valence-corrected chi connectivity index (χ4v) is 3.19. The minimum atomic E-state index is -0.0632. The molecule has 1 heterocycles. The van der Waals surface area contributed by atoms with E-state index in [0.717, 1.165) is 40.4 Å². The largest absolute Gasteiger partial charge is 0.496 e. The number of nitrogens with one attached hydrogen (secondary N) is 1. The van der Waals surface area contributed by atoms with Crippen LogP contribution >= 0.6 is 0 Å². The van der Waals surface area contributed by atoms with E-state index in [-0.39, 0.29) is 18.4 Å². The highest BCUT2D eigenvalue weighted by Crippen LogP contribution is 2.35. The molecule has 0 saturated heterocycles. The lowest BCUT2D eigenvalue weighted by Gasteiger charge is -2.14. The lowest BCUT2D eigenvalue weighted by molar-refractivity contribution is -0.120. The average molecular weight is 355 g/mol. The molecule has 1 aliphatic heterocycles. The van der Waals surface area contributed by atoms with Crippen molar-refractivity contribution in [3.63, 3.8) is 0 Å². The van der Waals surface area contributed by atoms with Gasteiger partial charge in [0.1, 0.15) is 23.4 Å². The number of methoxy groups -OCH3 is 1. The van der Waals surface area contributed by atoms with E-state index in [1.165, 1.54) is 0 Å². The van der Waals surface area contributed by atoms with Gasteiger partial charge in [-0.25, -0.2) is 0 Å². The van der Waals surface area contributed by atoms with E-state index >= 15 is 0 Å². The third-order valence-electron chi connectivity index (χ3n) is 4.40. The summed E-state index contributed by atoms with van der Waals surface area (Å²) in [6.45, 7) is 4.98. The maximum atomic E-state index is 12.4. The van der Waals surface area contributed by atoms with Crippen LogP contribution in [0.3, 0.4) is 0 Å². The second kappa shape index (κ2) is 8.13. The maximum absolute atomic E-state index is 12.4. The molecule has 5 heteroatoms. The number of fused-ring (bicyclic) bond motifs is 1. The molecule has 0 fully saturated rings. The van der Waals surface area contributed by atoms with E-state index in [1.54, 1.807) is 7.11 Å². The van der Waals surface area contributed by atoms with Crippen LogP contribution in [0.15, 0.2) is 36.4 Å². The van der Waals surface area contributed by atoms with Gasteiger partial charge in [0.25, 0.3) is 0 Å². The van der Waals surface area contributed by atoms with Crippen molar-refractivity contribution in [2.24, 2.45) is 0 Å². The van der Waals surface area contributed by atoms with Gasteiger partial charge < -0.3 is 19.5 Å². The number of carbonyl (C=O) groups excluding carboxylic acids is 1. The zero-order chi connectivity index (χ0) is 18.5. The van der Waals surface area contributed by atoms with Gasteiger partial charge in [-0.3, -0.25) is 4.79 Å². The Morgan fingerprint density at radius 2 is 2.04 bits per heavy atom. The van der Waals surface area contributed by atoms with Crippen LogP contribution in [-0.2, 0) is 24.2 Å². The second-order valence-electron chi connectivity index (χ2n) is 6.40. The lowest BCUT2D eigenvalue weighted by atomic mass is 10.1. The highest BCUT2D eigenvalue weighted by molar-refractivity contribution is 5.79. The topological polar surface area (TPSA) is 56.8 Å². The molecule has 1 atom stereocenters. The molecular formula is C21H25NO4. The summed E-state index contributed by atoms with van der Waals surface area (Å²) < 4.78 is 16.9. The van der Waals surface area contributed by atoms with Crippen molar-refractivity contribution in [3.05, 3.63) is 53.1 Å². The molecule has 1 amide bonds. The molecule has 0 saturated carbocycles. The number of hydrogen-bond acceptors (Lipinski definition) is 4. The van der Waals surface area contributed by atoms with E-state index in [4.69, 9.17) is 14.2 Å². The van der Waals surface area contributed by atoms with Crippen molar-refractivity contribution in [1.29, 1.82) is 0 Å². The van der Waals surface area contributed by atoms with Gasteiger partial charge in [0, 0.05) is 29.7 Å². The molecule has 138 valence electrons. The van der Waals surface area contributed by atoms with Crippen molar-refractivity contribution in [2.45, 2.75) is 39.3 Å². The van der Waals surface area contributed by atoms with Crippen LogP contribution in [0.4, 0.5) is 0 Å². The maximum Gasteiger partial charge on any atom is 0.224 e. The molecule has 5 nitrogen and oxygen atoms in total. The average Bonchev–Trinajstić information content (AvgIpc) is 2.99. The molecule has 0 aromatic heterocycles. The first-order chi connectivity index (χ1) is 12.6. The summed E-state index contributed by atoms with van der Waals surface area (Å²) in [7, 11) is 1.61. The molecule has 1 aliphatic rings. The van der Waals surface area contributed by atoms with Gasteiger partial charge in [-0.15, -0.1) is 0 Å². The summed E-state index contributed by atoms with van der Waals surface area (Å²) in [4.78, 5) is 12.4. The van der Waals surface area contributed by atoms with Crippen LogP contribution < -0.4 is 19.5 Å². The van der Waals surface area contributed by atoms with E-state index in [2.05, 4.69) is 12.2 Å². The Balaban J connectivity index is 1.69. The van der Waals surface area contributed by atoms with Crippen molar-refractivity contribution in [1.82, 2.24) is 5.32 Å². The Morgan fingerprint density at radius 1 is 1.23 bits per heavy atom. The number of ether oxygens (including phenoxy) is 3. The molecule has 3 rings (SSSR count). The van der Waals surface area contributed by atoms with E-state index in [0.29, 0.717) is 13.2 Å². The van der Waals surface area contributed by atoms with Gasteiger partial charge in [0.05, 0.1) is 20.1 Å². The van der Waals surface area contributed by atoms with Crippen LogP contribution in [0.25, 0.3) is 0 Å². The number of hydrogen-bond donors (Lipinski definition) is 1. The molecule has 0 bridgehead atoms. The number of para-hydroxylation sites is 1. The van der Waals surface area contributed by atoms with Crippen LogP contribution in [0, 0.1) is 0 Å². The molecule has 0 radical (unpaired) electrons. The van der Waals surface area contributed by atoms with Crippen molar-refractivity contribution < 1.29 is 19.0 Å². The summed E-state index contributed by atoms with van der Waals surface area (Å²) in [5.41, 5.74) is 2.95. The fraction of sp³-hybridized carbons (Fsp3) is 0.381. The summed E-state index contributed by atoms with van der Waals surface area (Å²) in [5, 5.41) is 2.97. The Labute approximate surface area is 154 Å². The SMILES string of the molecule is CCOc1cc2c(cc1CNC(=O)Cc1ccccc1OC)O[C@H](C)C2. The van der Waals surface area contributed by atoms with Crippen molar-refractivity contribution >= 4 is 5.91 Å². The summed E-state index contributed by atoms with van der Waals surface area (Å²) >= 11 is 0. The molecule has 0 unspecified atom stereocenters. The van der Waals surface area contributed by atoms with Crippen LogP contribution in [0.1, 0.15) is 30.5 Å². The minimum Gasteiger partial charge on any atom is -0.496 e. The molecule has 2 aromatic carbocycles. The van der Waals surface area contributed by atoms with Gasteiger partial charge in [0.2, 0.25) is 5.91 Å². The van der Waals surface area contributed by atoms with Crippen molar-refractivity contribution in [3.8, 4) is 17.2 Å². The predicted octanol–water partition coefficient (Wildman–Crippen LogP) is 3.28. The first kappa shape index (κ1) is 18.1. The predicted molar refractivity (Wildman–Crippen MR) is 99.9 cm³/mol. The summed E-state index contributed by atoms with van der Waals surface area (Å²) in [5.74, 6) is 2.35. The zero-order valence-electron chi connectivity index (χ0n) is 15.5. The number of carbonyl (C=O) groups is 1. The number of rotatable bonds is 7. The van der Waals surface area contributed by atoms with Gasteiger partial charge in [-0.05, 0) is 32.0 Å². The molecular weight excluding hydrogens is 330 g/mol. The minimum absolute atomic E-state index is 0.0632. The quantitative estimate of drug-likeness (QED) is 0.828. The molecule has 1 N–H and O–H groups in total. The van der Waals surface area contributed by atoms with Gasteiger partial charge in [-0.2, -0.15) is 0 Å². The van der Waals surface area contributed by atoms with Crippen molar-refractivity contribution in [2.75, 3.05) is 13.7 Å². The summed E-state index contributed by atoms with van der Waals surface area (Å²) in [6.07, 6.45) is 1.33. The Kier molecular flexibility index (Phi) is 5.66. The fourth-order valence-electron chi connectivity index (χ4n) is 3.19. The van der Waals surface area contributed by atoms with E-state index in [1.807, 2.05) is 43.3 Å². The second-order valence-corrected chi connectivity index (χ2v) is 6.40. The summed E-state index contributed by atoms with van der Waals surface area (Å²) in [6, 6.07) is 11.6. The van der Waals surface area contributed by atoms with Crippen LogP contribution in [0.2, 0.25) is 0 Å². The molecule has 0 spiro atoms. The first-order valence-electron chi connectivity index (χ1n) is 8.94. The Bertz CT molecular complexity index is 788. The molecule has 0 aliphatic carbocycles. The van der Waals surface area contributed by atoms with E-state index in [9.17, 15) is 4.79 Å². The number of amides is 1. The Morgan fingerprint density at radius 3 is 2.81 bits per heavy atom. The number of benzene rings is 2. The van der Waals surface area contributed by atoms with Crippen LogP contribution in [-0.4, -0.2) is 25.7 Å². The monoisotopic (exact) mass is 355 g/mol. The zero-order valence-corrected chi connectivity index (χ0v) is 15.5. The third-order valence-corrected chi connectivity index (χ3v) is 4.40. The first-order valence-corrected chi connectivity index (χ1v) is 8.94. The normalized spacial score (nSPS) is 15.1. The van der Waals surface area contributed by atoms with E-state index < -0.39 is 0 Å². The van der Waals surface area contributed by atoms with Gasteiger partial charge in [-0.1, -0.05) is 18.2 Å². The van der Waals surface area contributed by atoms with Gasteiger partial charge >= 0.3 is 0 Å². The highest BCUT2D eigenvalue weighted by atomic mass is 16.5. The highest BCUT2D eigenvalue weighted by Gasteiger charge is 2.22. The molecule has 26 heavy (non-hydrogen) atoms. The smallest absolute Gasteiger partial charge is 0.224 e. The lowest BCUT2D eigenvalue weighted by Crippen LogP contribution is -2.25. The third kappa shape index (κ3) is 4.10.